The SMILES string of the molecule is CS(=O)(=O)N(CCNC(=O)NC1CC1)c1ccccc1Cl. The van der Waals surface area contributed by atoms with E-state index < -0.39 is 10.0 Å². The summed E-state index contributed by atoms with van der Waals surface area (Å²) in [7, 11) is -3.47. The lowest BCUT2D eigenvalue weighted by Crippen LogP contribution is -2.42. The van der Waals surface area contributed by atoms with Crippen LogP contribution in [0.5, 0.6) is 0 Å². The van der Waals surface area contributed by atoms with Gasteiger partial charge in [-0.3, -0.25) is 4.31 Å². The van der Waals surface area contributed by atoms with Crippen LogP contribution in [0.1, 0.15) is 12.8 Å². The van der Waals surface area contributed by atoms with Gasteiger partial charge in [0.2, 0.25) is 10.0 Å². The van der Waals surface area contributed by atoms with Crippen LogP contribution < -0.4 is 14.9 Å². The standard InChI is InChI=1S/C13H18ClN3O3S/c1-21(19,20)17(12-5-3-2-4-11(12)14)9-8-15-13(18)16-10-6-7-10/h2-5,10H,6-9H2,1H3,(H2,15,16,18). The van der Waals surface area contributed by atoms with Crippen LogP contribution in [0.25, 0.3) is 0 Å². The molecule has 1 aromatic rings. The Labute approximate surface area is 129 Å². The van der Waals surface area contributed by atoms with Crippen LogP contribution in [-0.2, 0) is 10.0 Å². The third-order valence-electron chi connectivity index (χ3n) is 3.03. The van der Waals surface area contributed by atoms with E-state index >= 15 is 0 Å². The first-order valence-electron chi connectivity index (χ1n) is 6.64. The number of hydrogen-bond donors (Lipinski definition) is 2. The largest absolute Gasteiger partial charge is 0.336 e. The van der Waals surface area contributed by atoms with Gasteiger partial charge in [-0.15, -0.1) is 0 Å². The van der Waals surface area contributed by atoms with Crippen LogP contribution in [0.2, 0.25) is 5.02 Å². The summed E-state index contributed by atoms with van der Waals surface area (Å²) in [4.78, 5) is 11.5. The molecule has 8 heteroatoms. The Morgan fingerprint density at radius 3 is 2.62 bits per heavy atom. The monoisotopic (exact) mass is 331 g/mol. The smallest absolute Gasteiger partial charge is 0.315 e. The molecule has 2 N–H and O–H groups in total. The van der Waals surface area contributed by atoms with E-state index in [2.05, 4.69) is 10.6 Å². The van der Waals surface area contributed by atoms with Crippen LogP contribution in [0.3, 0.4) is 0 Å². The molecule has 0 bridgehead atoms. The number of nitrogens with zero attached hydrogens (tertiary/aromatic N) is 1. The maximum atomic E-state index is 11.9. The number of para-hydroxylation sites is 1. The highest BCUT2D eigenvalue weighted by molar-refractivity contribution is 7.92. The van der Waals surface area contributed by atoms with Gasteiger partial charge in [0.15, 0.2) is 0 Å². The fourth-order valence-corrected chi connectivity index (χ4v) is 3.08. The normalized spacial score (nSPS) is 14.6. The number of anilines is 1. The highest BCUT2D eigenvalue weighted by Gasteiger charge is 2.23. The molecule has 1 aliphatic carbocycles. The van der Waals surface area contributed by atoms with E-state index in [9.17, 15) is 13.2 Å². The van der Waals surface area contributed by atoms with E-state index in [1.54, 1.807) is 24.3 Å². The second-order valence-electron chi connectivity index (χ2n) is 4.96. The number of sulfonamides is 1. The molecule has 0 saturated heterocycles. The van der Waals surface area contributed by atoms with Gasteiger partial charge in [-0.25, -0.2) is 13.2 Å². The zero-order valence-electron chi connectivity index (χ0n) is 11.7. The highest BCUT2D eigenvalue weighted by Crippen LogP contribution is 2.26. The molecule has 2 amide bonds. The summed E-state index contributed by atoms with van der Waals surface area (Å²) in [5.74, 6) is 0. The minimum atomic E-state index is -3.47. The Hall–Kier alpha value is -1.47. The molecule has 1 saturated carbocycles. The summed E-state index contributed by atoms with van der Waals surface area (Å²) in [6.45, 7) is 0.331. The molecule has 0 heterocycles. The molecule has 2 rings (SSSR count). The van der Waals surface area contributed by atoms with Gasteiger partial charge < -0.3 is 10.6 Å². The fourth-order valence-electron chi connectivity index (χ4n) is 1.85. The molecule has 1 fully saturated rings. The van der Waals surface area contributed by atoms with E-state index in [0.29, 0.717) is 10.7 Å². The zero-order valence-corrected chi connectivity index (χ0v) is 13.2. The lowest BCUT2D eigenvalue weighted by atomic mass is 10.3. The second-order valence-corrected chi connectivity index (χ2v) is 7.28. The van der Waals surface area contributed by atoms with Crippen molar-refractivity contribution in [3.05, 3.63) is 29.3 Å². The van der Waals surface area contributed by atoms with Gasteiger partial charge in [-0.1, -0.05) is 23.7 Å². The quantitative estimate of drug-likeness (QED) is 0.830. The van der Waals surface area contributed by atoms with Crippen LogP contribution in [-0.4, -0.2) is 39.8 Å². The Morgan fingerprint density at radius 1 is 1.38 bits per heavy atom. The van der Waals surface area contributed by atoms with Gasteiger partial charge in [0, 0.05) is 12.6 Å². The van der Waals surface area contributed by atoms with Crippen molar-refractivity contribution in [1.29, 1.82) is 0 Å². The number of carbonyl (C=O) groups is 1. The third-order valence-corrected chi connectivity index (χ3v) is 4.53. The van der Waals surface area contributed by atoms with E-state index in [0.717, 1.165) is 19.1 Å². The van der Waals surface area contributed by atoms with Crippen LogP contribution in [0.15, 0.2) is 24.3 Å². The van der Waals surface area contributed by atoms with Crippen molar-refractivity contribution in [3.63, 3.8) is 0 Å². The molecule has 1 aliphatic rings. The summed E-state index contributed by atoms with van der Waals surface area (Å²) in [6.07, 6.45) is 3.12. The van der Waals surface area contributed by atoms with Gasteiger partial charge >= 0.3 is 6.03 Å². The molecular weight excluding hydrogens is 314 g/mol. The highest BCUT2D eigenvalue weighted by atomic mass is 35.5. The molecule has 0 atom stereocenters. The van der Waals surface area contributed by atoms with E-state index in [-0.39, 0.29) is 25.2 Å². The van der Waals surface area contributed by atoms with Crippen molar-refractivity contribution in [1.82, 2.24) is 10.6 Å². The Balaban J connectivity index is 1.97. The predicted octanol–water partition coefficient (Wildman–Crippen LogP) is 1.57. The molecule has 1 aromatic carbocycles. The number of halogens is 1. The van der Waals surface area contributed by atoms with Gasteiger partial charge in [0.05, 0.1) is 23.5 Å². The van der Waals surface area contributed by atoms with E-state index in [1.807, 2.05) is 0 Å². The lowest BCUT2D eigenvalue weighted by Gasteiger charge is -2.23. The van der Waals surface area contributed by atoms with Gasteiger partial charge in [-0.2, -0.15) is 0 Å². The van der Waals surface area contributed by atoms with Crippen molar-refractivity contribution in [3.8, 4) is 0 Å². The van der Waals surface area contributed by atoms with E-state index in [1.165, 1.54) is 4.31 Å². The molecule has 116 valence electrons. The number of amides is 2. The maximum Gasteiger partial charge on any atom is 0.315 e. The van der Waals surface area contributed by atoms with Crippen molar-refractivity contribution in [2.45, 2.75) is 18.9 Å². The molecule has 0 spiro atoms. The van der Waals surface area contributed by atoms with Crippen LogP contribution in [0.4, 0.5) is 10.5 Å². The van der Waals surface area contributed by atoms with Crippen molar-refractivity contribution in [2.24, 2.45) is 0 Å². The average molecular weight is 332 g/mol. The summed E-state index contributed by atoms with van der Waals surface area (Å²) in [5, 5.41) is 5.77. The first-order valence-corrected chi connectivity index (χ1v) is 8.87. The Bertz CT molecular complexity index is 617. The van der Waals surface area contributed by atoms with E-state index in [4.69, 9.17) is 11.6 Å². The number of benzene rings is 1. The van der Waals surface area contributed by atoms with Gasteiger partial charge in [-0.05, 0) is 25.0 Å². The minimum Gasteiger partial charge on any atom is -0.336 e. The minimum absolute atomic E-state index is 0.126. The van der Waals surface area contributed by atoms with Crippen LogP contribution in [0, 0.1) is 0 Å². The number of carbonyl (C=O) groups excluding carboxylic acids is 1. The number of nitrogens with one attached hydrogen (secondary N) is 2. The topological polar surface area (TPSA) is 78.5 Å². The Morgan fingerprint density at radius 2 is 2.05 bits per heavy atom. The summed E-state index contributed by atoms with van der Waals surface area (Å²) < 4.78 is 25.0. The molecule has 21 heavy (non-hydrogen) atoms. The number of rotatable bonds is 6. The second kappa shape index (κ2) is 6.53. The number of hydrogen-bond acceptors (Lipinski definition) is 3. The molecule has 6 nitrogen and oxygen atoms in total. The van der Waals surface area contributed by atoms with Gasteiger partial charge in [0.25, 0.3) is 0 Å². The summed E-state index contributed by atoms with van der Waals surface area (Å²) in [5.41, 5.74) is 0.408. The summed E-state index contributed by atoms with van der Waals surface area (Å²) in [6, 6.07) is 6.70. The molecule has 0 radical (unpaired) electrons. The number of urea groups is 1. The molecule has 0 unspecified atom stereocenters. The maximum absolute atomic E-state index is 11.9. The third kappa shape index (κ3) is 4.78. The zero-order chi connectivity index (χ0) is 15.5. The van der Waals surface area contributed by atoms with Crippen molar-refractivity contribution >= 4 is 33.3 Å². The average Bonchev–Trinajstić information content (AvgIpc) is 3.18. The van der Waals surface area contributed by atoms with Gasteiger partial charge in [0.1, 0.15) is 0 Å². The Kier molecular flexibility index (Phi) is 4.95. The predicted molar refractivity (Wildman–Crippen MR) is 83.2 cm³/mol. The fraction of sp³-hybridized carbons (Fsp3) is 0.462. The van der Waals surface area contributed by atoms with Crippen molar-refractivity contribution in [2.75, 3.05) is 23.7 Å². The molecule has 0 aromatic heterocycles. The van der Waals surface area contributed by atoms with Crippen LogP contribution >= 0.6 is 11.6 Å². The molecular formula is C13H18ClN3O3S. The summed E-state index contributed by atoms with van der Waals surface area (Å²) >= 11 is 6.04. The lowest BCUT2D eigenvalue weighted by molar-refractivity contribution is 0.241. The van der Waals surface area contributed by atoms with Crippen molar-refractivity contribution < 1.29 is 13.2 Å². The molecule has 0 aliphatic heterocycles. The first kappa shape index (κ1) is 15.9. The first-order chi connectivity index (χ1) is 9.88.